The number of nitro benzene ring substituents is 1. The van der Waals surface area contributed by atoms with Crippen LogP contribution in [0.1, 0.15) is 29.6 Å². The average Bonchev–Trinajstić information content (AvgIpc) is 2.46. The highest BCUT2D eigenvalue weighted by atomic mass is 16.6. The van der Waals surface area contributed by atoms with Crippen molar-refractivity contribution in [3.8, 4) is 12.3 Å². The van der Waals surface area contributed by atoms with Crippen molar-refractivity contribution in [1.82, 2.24) is 5.32 Å². The van der Waals surface area contributed by atoms with Crippen molar-refractivity contribution in [2.45, 2.75) is 25.3 Å². The van der Waals surface area contributed by atoms with Crippen LogP contribution >= 0.6 is 0 Å². The van der Waals surface area contributed by atoms with Crippen LogP contribution in [-0.2, 0) is 4.79 Å². The Bertz CT molecular complexity index is 592. The number of non-ortho nitro benzene ring substituents is 1. The highest BCUT2D eigenvalue weighted by molar-refractivity contribution is 5.97. The summed E-state index contributed by atoms with van der Waals surface area (Å²) in [5, 5.41) is 13.1. The summed E-state index contributed by atoms with van der Waals surface area (Å²) in [6.45, 7) is 0. The Labute approximate surface area is 121 Å². The number of nitro groups is 1. The highest BCUT2D eigenvalue weighted by Gasteiger charge is 2.19. The molecule has 0 saturated carbocycles. The van der Waals surface area contributed by atoms with E-state index in [-0.39, 0.29) is 11.3 Å². The molecule has 1 aromatic rings. The number of terminal acetylenes is 1. The van der Waals surface area contributed by atoms with Gasteiger partial charge < -0.3 is 11.1 Å². The Hall–Kier alpha value is -2.88. The summed E-state index contributed by atoms with van der Waals surface area (Å²) >= 11 is 0. The molecular formula is C14H15N3O4. The van der Waals surface area contributed by atoms with E-state index in [9.17, 15) is 19.7 Å². The molecule has 0 aromatic heterocycles. The molecule has 110 valence electrons. The zero-order valence-electron chi connectivity index (χ0n) is 11.2. The van der Waals surface area contributed by atoms with Crippen LogP contribution in [0.3, 0.4) is 0 Å². The van der Waals surface area contributed by atoms with E-state index in [0.717, 1.165) is 6.07 Å². The number of hydrogen-bond donors (Lipinski definition) is 2. The minimum atomic E-state index is -0.856. The van der Waals surface area contributed by atoms with Gasteiger partial charge >= 0.3 is 0 Å². The normalized spacial score (nSPS) is 11.2. The van der Waals surface area contributed by atoms with Crippen LogP contribution in [0.25, 0.3) is 0 Å². The van der Waals surface area contributed by atoms with Crippen LogP contribution in [0.5, 0.6) is 0 Å². The topological polar surface area (TPSA) is 115 Å². The standard InChI is InChI=1S/C14H15N3O4/c1-2-3-4-8-12(13(15)18)16-14(19)10-6-5-7-11(9-10)17(20)21/h1,5-7,9,12H,3-4,8H2,(H2,15,18)(H,16,19)/t12-/m0/s1. The summed E-state index contributed by atoms with van der Waals surface area (Å²) < 4.78 is 0. The molecule has 0 spiro atoms. The third kappa shape index (κ3) is 4.95. The molecule has 7 nitrogen and oxygen atoms in total. The maximum absolute atomic E-state index is 12.0. The van der Waals surface area contributed by atoms with Crippen molar-refractivity contribution in [2.75, 3.05) is 0 Å². The van der Waals surface area contributed by atoms with E-state index in [2.05, 4.69) is 11.2 Å². The number of unbranched alkanes of at least 4 members (excludes halogenated alkanes) is 1. The second-order valence-corrected chi connectivity index (χ2v) is 4.33. The Morgan fingerprint density at radius 3 is 2.76 bits per heavy atom. The number of nitrogens with zero attached hydrogens (tertiary/aromatic N) is 1. The number of primary amides is 1. The van der Waals surface area contributed by atoms with Gasteiger partial charge in [-0.15, -0.1) is 12.3 Å². The van der Waals surface area contributed by atoms with Gasteiger partial charge in [0.15, 0.2) is 0 Å². The number of benzene rings is 1. The number of hydrogen-bond acceptors (Lipinski definition) is 4. The van der Waals surface area contributed by atoms with Crippen molar-refractivity contribution in [3.63, 3.8) is 0 Å². The van der Waals surface area contributed by atoms with Crippen LogP contribution in [-0.4, -0.2) is 22.8 Å². The van der Waals surface area contributed by atoms with E-state index in [0.29, 0.717) is 19.3 Å². The first-order chi connectivity index (χ1) is 9.95. The quantitative estimate of drug-likeness (QED) is 0.337. The van der Waals surface area contributed by atoms with Crippen LogP contribution in [0.15, 0.2) is 24.3 Å². The third-order valence-corrected chi connectivity index (χ3v) is 2.78. The lowest BCUT2D eigenvalue weighted by molar-refractivity contribution is -0.384. The van der Waals surface area contributed by atoms with Gasteiger partial charge in [0.2, 0.25) is 5.91 Å². The Balaban J connectivity index is 2.77. The summed E-state index contributed by atoms with van der Waals surface area (Å²) in [5.41, 5.74) is 5.10. The lowest BCUT2D eigenvalue weighted by Gasteiger charge is -2.14. The minimum absolute atomic E-state index is 0.0902. The molecule has 1 rings (SSSR count). The molecular weight excluding hydrogens is 274 g/mol. The molecule has 0 aliphatic heterocycles. The number of amides is 2. The van der Waals surface area contributed by atoms with Gasteiger partial charge in [0.1, 0.15) is 6.04 Å². The molecule has 0 heterocycles. The van der Waals surface area contributed by atoms with E-state index in [1.165, 1.54) is 18.2 Å². The minimum Gasteiger partial charge on any atom is -0.368 e. The van der Waals surface area contributed by atoms with Crippen LogP contribution in [0.2, 0.25) is 0 Å². The van der Waals surface area contributed by atoms with Crippen molar-refractivity contribution in [1.29, 1.82) is 0 Å². The fourth-order valence-electron chi connectivity index (χ4n) is 1.70. The second-order valence-electron chi connectivity index (χ2n) is 4.33. The second kappa shape index (κ2) is 7.65. The predicted octanol–water partition coefficient (Wildman–Crippen LogP) is 0.982. The first kappa shape index (κ1) is 16.2. The van der Waals surface area contributed by atoms with Crippen molar-refractivity contribution >= 4 is 17.5 Å². The molecule has 0 bridgehead atoms. The number of carbonyl (C=O) groups is 2. The fraction of sp³-hybridized carbons (Fsp3) is 0.286. The molecule has 0 aliphatic rings. The summed E-state index contributed by atoms with van der Waals surface area (Å²) in [6, 6.07) is 4.36. The van der Waals surface area contributed by atoms with Gasteiger partial charge in [0.05, 0.1) is 4.92 Å². The highest BCUT2D eigenvalue weighted by Crippen LogP contribution is 2.13. The predicted molar refractivity (Wildman–Crippen MR) is 76.2 cm³/mol. The van der Waals surface area contributed by atoms with Gasteiger partial charge in [-0.25, -0.2) is 0 Å². The Kier molecular flexibility index (Phi) is 5.89. The van der Waals surface area contributed by atoms with Gasteiger partial charge in [-0.05, 0) is 18.9 Å². The third-order valence-electron chi connectivity index (χ3n) is 2.78. The zero-order chi connectivity index (χ0) is 15.8. The van der Waals surface area contributed by atoms with E-state index in [4.69, 9.17) is 12.2 Å². The van der Waals surface area contributed by atoms with Gasteiger partial charge in [0, 0.05) is 24.1 Å². The van der Waals surface area contributed by atoms with Crippen LogP contribution < -0.4 is 11.1 Å². The van der Waals surface area contributed by atoms with E-state index in [1.807, 2.05) is 0 Å². The summed E-state index contributed by atoms with van der Waals surface area (Å²) in [5.74, 6) is 1.16. The molecule has 3 N–H and O–H groups in total. The Morgan fingerprint density at radius 2 is 2.19 bits per heavy atom. The maximum atomic E-state index is 12.0. The summed E-state index contributed by atoms with van der Waals surface area (Å²) in [4.78, 5) is 33.3. The lowest BCUT2D eigenvalue weighted by atomic mass is 10.1. The summed E-state index contributed by atoms with van der Waals surface area (Å²) in [6.07, 6.45) is 6.44. The van der Waals surface area contributed by atoms with Crippen LogP contribution in [0, 0.1) is 22.5 Å². The SMILES string of the molecule is C#CCCC[C@H](NC(=O)c1cccc([N+](=O)[O-])c1)C(N)=O. The molecule has 0 radical (unpaired) electrons. The van der Waals surface area contributed by atoms with E-state index < -0.39 is 22.8 Å². The van der Waals surface area contributed by atoms with Gasteiger partial charge in [-0.2, -0.15) is 0 Å². The molecule has 1 aromatic carbocycles. The number of carbonyl (C=O) groups excluding carboxylic acids is 2. The molecule has 0 aliphatic carbocycles. The maximum Gasteiger partial charge on any atom is 0.270 e. The molecule has 1 atom stereocenters. The molecule has 7 heteroatoms. The van der Waals surface area contributed by atoms with Crippen molar-refractivity contribution < 1.29 is 14.5 Å². The number of nitrogens with one attached hydrogen (secondary N) is 1. The smallest absolute Gasteiger partial charge is 0.270 e. The van der Waals surface area contributed by atoms with Gasteiger partial charge in [0.25, 0.3) is 11.6 Å². The van der Waals surface area contributed by atoms with Crippen molar-refractivity contribution in [2.24, 2.45) is 5.73 Å². The van der Waals surface area contributed by atoms with Gasteiger partial charge in [-0.1, -0.05) is 6.07 Å². The molecule has 0 fully saturated rings. The van der Waals surface area contributed by atoms with Gasteiger partial charge in [-0.3, -0.25) is 19.7 Å². The average molecular weight is 289 g/mol. The van der Waals surface area contributed by atoms with Crippen LogP contribution in [0.4, 0.5) is 5.69 Å². The molecule has 2 amide bonds. The number of nitrogens with two attached hydrogens (primary N) is 1. The molecule has 0 saturated heterocycles. The first-order valence-electron chi connectivity index (χ1n) is 6.23. The largest absolute Gasteiger partial charge is 0.368 e. The Morgan fingerprint density at radius 1 is 1.48 bits per heavy atom. The number of rotatable bonds is 7. The summed E-state index contributed by atoms with van der Waals surface area (Å²) in [7, 11) is 0. The first-order valence-corrected chi connectivity index (χ1v) is 6.23. The zero-order valence-corrected chi connectivity index (χ0v) is 11.2. The van der Waals surface area contributed by atoms with E-state index in [1.54, 1.807) is 0 Å². The fourth-order valence-corrected chi connectivity index (χ4v) is 1.70. The monoisotopic (exact) mass is 289 g/mol. The van der Waals surface area contributed by atoms with Crippen molar-refractivity contribution in [3.05, 3.63) is 39.9 Å². The molecule has 21 heavy (non-hydrogen) atoms. The molecule has 0 unspecified atom stereocenters. The lowest BCUT2D eigenvalue weighted by Crippen LogP contribution is -2.44. The van der Waals surface area contributed by atoms with E-state index >= 15 is 0 Å².